The van der Waals surface area contributed by atoms with Crippen molar-refractivity contribution in [1.29, 1.82) is 0 Å². The van der Waals surface area contributed by atoms with Crippen molar-refractivity contribution in [1.82, 2.24) is 19.7 Å². The molecule has 0 spiro atoms. The molecule has 0 atom stereocenters. The minimum atomic E-state index is -5.70. The first kappa shape index (κ1) is 16.5. The predicted octanol–water partition coefficient (Wildman–Crippen LogP) is 4.35. The van der Waals surface area contributed by atoms with Gasteiger partial charge in [0.15, 0.2) is 0 Å². The maximum Gasteiger partial charge on any atom is 0.459 e. The molecule has 0 saturated carbocycles. The first-order valence-electron chi connectivity index (χ1n) is 6.59. The van der Waals surface area contributed by atoms with Crippen LogP contribution in [0.4, 0.5) is 22.0 Å². The zero-order valence-corrected chi connectivity index (χ0v) is 12.9. The van der Waals surface area contributed by atoms with Gasteiger partial charge in [0.05, 0.1) is 5.69 Å². The van der Waals surface area contributed by atoms with Crippen molar-refractivity contribution in [3.63, 3.8) is 0 Å². The van der Waals surface area contributed by atoms with Crippen LogP contribution in [0.2, 0.25) is 0 Å². The first-order chi connectivity index (χ1) is 11.2. The molecule has 0 aromatic carbocycles. The van der Waals surface area contributed by atoms with E-state index in [4.69, 9.17) is 0 Å². The van der Waals surface area contributed by atoms with Gasteiger partial charge in [0.1, 0.15) is 15.7 Å². The van der Waals surface area contributed by atoms with Crippen molar-refractivity contribution in [3.8, 4) is 15.6 Å². The number of pyridine rings is 1. The molecule has 3 aromatic rings. The van der Waals surface area contributed by atoms with Gasteiger partial charge in [-0.05, 0) is 25.1 Å². The summed E-state index contributed by atoms with van der Waals surface area (Å²) in [7, 11) is 0. The molecular formula is C14H9F5N4S. The van der Waals surface area contributed by atoms with Crippen LogP contribution in [-0.2, 0) is 5.92 Å². The Bertz CT molecular complexity index is 854. The summed E-state index contributed by atoms with van der Waals surface area (Å²) in [6.07, 6.45) is -1.48. The molecular weight excluding hydrogens is 351 g/mol. The Hall–Kier alpha value is -2.36. The Morgan fingerprint density at radius 1 is 1.12 bits per heavy atom. The number of alkyl halides is 5. The third kappa shape index (κ3) is 2.77. The van der Waals surface area contributed by atoms with Crippen LogP contribution in [-0.4, -0.2) is 25.9 Å². The number of aromatic nitrogens is 4. The molecule has 0 aliphatic carbocycles. The SMILES string of the molecule is Cc1nc(-c2cccnc2)sc1-n1ccc(C(F)(F)C(F)(F)F)n1. The number of hydrogen-bond donors (Lipinski definition) is 0. The fourth-order valence-electron chi connectivity index (χ4n) is 1.96. The highest BCUT2D eigenvalue weighted by Gasteiger charge is 2.60. The summed E-state index contributed by atoms with van der Waals surface area (Å²) in [4.78, 5) is 8.24. The van der Waals surface area contributed by atoms with Gasteiger partial charge >= 0.3 is 12.1 Å². The molecule has 24 heavy (non-hydrogen) atoms. The minimum Gasteiger partial charge on any atom is -0.264 e. The van der Waals surface area contributed by atoms with Crippen LogP contribution in [0.3, 0.4) is 0 Å². The van der Waals surface area contributed by atoms with E-state index >= 15 is 0 Å². The second-order valence-corrected chi connectivity index (χ2v) is 5.85. The highest BCUT2D eigenvalue weighted by Crippen LogP contribution is 2.43. The van der Waals surface area contributed by atoms with E-state index in [1.54, 1.807) is 31.5 Å². The van der Waals surface area contributed by atoms with Crippen LogP contribution in [0.15, 0.2) is 36.8 Å². The van der Waals surface area contributed by atoms with E-state index in [2.05, 4.69) is 15.1 Å². The molecule has 4 nitrogen and oxygen atoms in total. The third-order valence-electron chi connectivity index (χ3n) is 3.16. The monoisotopic (exact) mass is 360 g/mol. The van der Waals surface area contributed by atoms with Crippen LogP contribution in [0.5, 0.6) is 0 Å². The van der Waals surface area contributed by atoms with Gasteiger partial charge in [-0.25, -0.2) is 9.67 Å². The Morgan fingerprint density at radius 2 is 1.88 bits per heavy atom. The molecule has 0 bridgehead atoms. The molecule has 3 rings (SSSR count). The van der Waals surface area contributed by atoms with E-state index in [1.165, 1.54) is 0 Å². The van der Waals surface area contributed by atoms with E-state index in [9.17, 15) is 22.0 Å². The van der Waals surface area contributed by atoms with Crippen molar-refractivity contribution in [2.24, 2.45) is 0 Å². The molecule has 0 saturated heterocycles. The molecule has 0 aliphatic rings. The maximum absolute atomic E-state index is 13.3. The molecule has 3 heterocycles. The van der Waals surface area contributed by atoms with E-state index in [0.717, 1.165) is 22.2 Å². The molecule has 10 heteroatoms. The second kappa shape index (κ2) is 5.62. The highest BCUT2D eigenvalue weighted by atomic mass is 32.1. The zero-order chi connectivity index (χ0) is 17.5. The normalized spacial score (nSPS) is 12.6. The van der Waals surface area contributed by atoms with Crippen molar-refractivity contribution in [3.05, 3.63) is 48.2 Å². The first-order valence-corrected chi connectivity index (χ1v) is 7.40. The average molecular weight is 360 g/mol. The van der Waals surface area contributed by atoms with Crippen LogP contribution in [0.25, 0.3) is 15.6 Å². The molecule has 0 aliphatic heterocycles. The molecule has 126 valence electrons. The third-order valence-corrected chi connectivity index (χ3v) is 4.35. The lowest BCUT2D eigenvalue weighted by Gasteiger charge is -2.16. The molecule has 3 aromatic heterocycles. The summed E-state index contributed by atoms with van der Waals surface area (Å²) >= 11 is 1.12. The Balaban J connectivity index is 1.99. The van der Waals surface area contributed by atoms with Gasteiger partial charge in [-0.15, -0.1) is 0 Å². The lowest BCUT2D eigenvalue weighted by molar-refractivity contribution is -0.291. The van der Waals surface area contributed by atoms with Gasteiger partial charge in [-0.2, -0.15) is 27.1 Å². The average Bonchev–Trinajstić information content (AvgIpc) is 3.13. The molecule has 0 radical (unpaired) electrons. The number of hydrogen-bond acceptors (Lipinski definition) is 4. The van der Waals surface area contributed by atoms with E-state index in [1.807, 2.05) is 0 Å². The minimum absolute atomic E-state index is 0.359. The van der Waals surface area contributed by atoms with E-state index in [-0.39, 0.29) is 0 Å². The van der Waals surface area contributed by atoms with Crippen molar-refractivity contribution in [2.45, 2.75) is 19.0 Å². The van der Waals surface area contributed by atoms with E-state index < -0.39 is 17.8 Å². The molecule has 0 unspecified atom stereocenters. The Morgan fingerprint density at radius 3 is 2.50 bits per heavy atom. The maximum atomic E-state index is 13.3. The fraction of sp³-hybridized carbons (Fsp3) is 0.214. The number of aryl methyl sites for hydroxylation is 1. The summed E-state index contributed by atoms with van der Waals surface area (Å²) in [5.74, 6) is -5.01. The Labute approximate surface area is 136 Å². The summed E-state index contributed by atoms with van der Waals surface area (Å²) in [5.41, 5.74) is -0.181. The van der Waals surface area contributed by atoms with Crippen molar-refractivity contribution < 1.29 is 22.0 Å². The summed E-state index contributed by atoms with van der Waals surface area (Å²) < 4.78 is 64.9. The lowest BCUT2D eigenvalue weighted by atomic mass is 10.2. The number of thiazole rings is 1. The summed E-state index contributed by atoms with van der Waals surface area (Å²) in [6, 6.07) is 4.12. The van der Waals surface area contributed by atoms with E-state index in [0.29, 0.717) is 27.3 Å². The lowest BCUT2D eigenvalue weighted by Crippen LogP contribution is -2.34. The number of nitrogens with zero attached hydrogens (tertiary/aromatic N) is 4. The molecule has 0 fully saturated rings. The summed E-state index contributed by atoms with van der Waals surface area (Å²) in [5, 5.41) is 4.31. The zero-order valence-electron chi connectivity index (χ0n) is 12.1. The number of rotatable bonds is 3. The van der Waals surface area contributed by atoms with Gasteiger partial charge < -0.3 is 0 Å². The van der Waals surface area contributed by atoms with Crippen molar-refractivity contribution in [2.75, 3.05) is 0 Å². The highest BCUT2D eigenvalue weighted by molar-refractivity contribution is 7.17. The second-order valence-electron chi connectivity index (χ2n) is 4.87. The quantitative estimate of drug-likeness (QED) is 0.652. The van der Waals surface area contributed by atoms with Gasteiger partial charge in [0.2, 0.25) is 0 Å². The van der Waals surface area contributed by atoms with Gasteiger partial charge in [0, 0.05) is 24.2 Å². The van der Waals surface area contributed by atoms with Crippen LogP contribution in [0, 0.1) is 6.92 Å². The summed E-state index contributed by atoms with van der Waals surface area (Å²) in [6.45, 7) is 1.62. The topological polar surface area (TPSA) is 43.6 Å². The molecule has 0 amide bonds. The van der Waals surface area contributed by atoms with Crippen LogP contribution < -0.4 is 0 Å². The smallest absolute Gasteiger partial charge is 0.264 e. The van der Waals surface area contributed by atoms with Gasteiger partial charge in [0.25, 0.3) is 0 Å². The fourth-order valence-corrected chi connectivity index (χ4v) is 2.96. The molecule has 0 N–H and O–H groups in total. The predicted molar refractivity (Wildman–Crippen MR) is 77.2 cm³/mol. The van der Waals surface area contributed by atoms with Gasteiger partial charge in [-0.3, -0.25) is 4.98 Å². The van der Waals surface area contributed by atoms with Crippen LogP contribution >= 0.6 is 11.3 Å². The van der Waals surface area contributed by atoms with Crippen LogP contribution in [0.1, 0.15) is 11.4 Å². The van der Waals surface area contributed by atoms with Gasteiger partial charge in [-0.1, -0.05) is 11.3 Å². The largest absolute Gasteiger partial charge is 0.459 e. The van der Waals surface area contributed by atoms with Crippen molar-refractivity contribution >= 4 is 11.3 Å². The standard InChI is InChI=1S/C14H9F5N4S/c1-8-12(24-11(21-8)9-3-2-5-20-7-9)23-6-4-10(22-23)13(15,16)14(17,18)19/h2-7H,1H3. The number of halogens is 5. The Kier molecular flexibility index (Phi) is 3.86.